The number of nitriles is 1. The van der Waals surface area contributed by atoms with E-state index in [2.05, 4.69) is 5.32 Å². The second kappa shape index (κ2) is 9.16. The fourth-order valence-corrected chi connectivity index (χ4v) is 3.34. The number of carbonyl (C=O) groups is 2. The zero-order valence-electron chi connectivity index (χ0n) is 15.1. The number of benzene rings is 1. The Bertz CT molecular complexity index is 795. The number of nitrogens with one attached hydrogen (secondary N) is 1. The molecule has 1 amide bonds. The fourth-order valence-electron chi connectivity index (χ4n) is 2.60. The fraction of sp³-hybridized carbons (Fsp3) is 0.350. The number of nitrogens with zero attached hydrogens (tertiary/aromatic N) is 1. The minimum absolute atomic E-state index is 0.0858. The summed E-state index contributed by atoms with van der Waals surface area (Å²) in [5.41, 5.74) is 1.27. The summed E-state index contributed by atoms with van der Waals surface area (Å²) in [6.45, 7) is 5.55. The number of carbonyl (C=O) groups excluding carboxylic acids is 2. The van der Waals surface area contributed by atoms with E-state index in [0.29, 0.717) is 10.6 Å². The van der Waals surface area contributed by atoms with Gasteiger partial charge in [-0.1, -0.05) is 50.6 Å². The molecule has 0 saturated heterocycles. The molecule has 5 nitrogen and oxygen atoms in total. The number of hydrogen-bond donors (Lipinski definition) is 1. The van der Waals surface area contributed by atoms with Gasteiger partial charge in [-0.3, -0.25) is 9.59 Å². The van der Waals surface area contributed by atoms with Crippen LogP contribution in [0, 0.1) is 17.2 Å². The van der Waals surface area contributed by atoms with Gasteiger partial charge in [-0.15, -0.1) is 11.3 Å². The molecule has 0 fully saturated rings. The summed E-state index contributed by atoms with van der Waals surface area (Å²) >= 11 is 1.26. The van der Waals surface area contributed by atoms with Gasteiger partial charge in [-0.25, -0.2) is 0 Å². The molecular formula is C20H22N2O3S. The zero-order chi connectivity index (χ0) is 19.1. The quantitative estimate of drug-likeness (QED) is 0.736. The Morgan fingerprint density at radius 2 is 1.92 bits per heavy atom. The highest BCUT2D eigenvalue weighted by molar-refractivity contribution is 7.14. The number of amides is 1. The van der Waals surface area contributed by atoms with Crippen LogP contribution in [0.1, 0.15) is 44.2 Å². The van der Waals surface area contributed by atoms with Crippen molar-refractivity contribution in [3.8, 4) is 6.07 Å². The third-order valence-electron chi connectivity index (χ3n) is 4.31. The minimum Gasteiger partial charge on any atom is -0.452 e. The number of ether oxygens (including phenoxy) is 1. The van der Waals surface area contributed by atoms with Crippen LogP contribution in [0.4, 0.5) is 5.00 Å². The molecule has 2 rings (SSSR count). The van der Waals surface area contributed by atoms with Crippen LogP contribution < -0.4 is 5.32 Å². The molecule has 26 heavy (non-hydrogen) atoms. The Labute approximate surface area is 157 Å². The van der Waals surface area contributed by atoms with Gasteiger partial charge >= 0.3 is 5.97 Å². The predicted octanol–water partition coefficient (Wildman–Crippen LogP) is 4.32. The molecule has 0 radical (unpaired) electrons. The molecule has 0 aliphatic rings. The van der Waals surface area contributed by atoms with Crippen LogP contribution in [0.25, 0.3) is 0 Å². The lowest BCUT2D eigenvalue weighted by atomic mass is 9.85. The maximum Gasteiger partial charge on any atom is 0.314 e. The number of esters is 1. The Morgan fingerprint density at radius 3 is 2.54 bits per heavy atom. The molecule has 0 saturated carbocycles. The van der Waals surface area contributed by atoms with Gasteiger partial charge in [0.1, 0.15) is 11.1 Å². The van der Waals surface area contributed by atoms with Crippen LogP contribution in [-0.2, 0) is 14.3 Å². The maximum atomic E-state index is 12.7. The van der Waals surface area contributed by atoms with E-state index in [9.17, 15) is 9.59 Å². The molecule has 1 heterocycles. The Balaban J connectivity index is 2.08. The first-order valence-electron chi connectivity index (χ1n) is 8.51. The van der Waals surface area contributed by atoms with E-state index in [1.165, 1.54) is 18.3 Å². The smallest absolute Gasteiger partial charge is 0.314 e. The minimum atomic E-state index is -0.952. The number of rotatable bonds is 7. The highest BCUT2D eigenvalue weighted by Crippen LogP contribution is 2.29. The SMILES string of the molecule is CC[C@H](C)[C@@H](C(=O)O[C@@H](C)C(=O)Nc1sccc1C#N)c1ccccc1. The molecule has 1 aromatic heterocycles. The lowest BCUT2D eigenvalue weighted by Gasteiger charge is -2.23. The van der Waals surface area contributed by atoms with Gasteiger partial charge in [0.25, 0.3) is 5.91 Å². The summed E-state index contributed by atoms with van der Waals surface area (Å²) < 4.78 is 5.44. The van der Waals surface area contributed by atoms with Crippen molar-refractivity contribution in [1.29, 1.82) is 5.26 Å². The lowest BCUT2D eigenvalue weighted by Crippen LogP contribution is -2.33. The molecule has 1 N–H and O–H groups in total. The van der Waals surface area contributed by atoms with Crippen LogP contribution in [0.2, 0.25) is 0 Å². The molecule has 136 valence electrons. The van der Waals surface area contributed by atoms with E-state index in [4.69, 9.17) is 10.00 Å². The van der Waals surface area contributed by atoms with Gasteiger partial charge in [0.2, 0.25) is 0 Å². The first kappa shape index (κ1) is 19.7. The van der Waals surface area contributed by atoms with E-state index >= 15 is 0 Å². The van der Waals surface area contributed by atoms with E-state index in [-0.39, 0.29) is 5.92 Å². The third-order valence-corrected chi connectivity index (χ3v) is 5.14. The van der Waals surface area contributed by atoms with Crippen molar-refractivity contribution < 1.29 is 14.3 Å². The maximum absolute atomic E-state index is 12.7. The molecule has 3 atom stereocenters. The van der Waals surface area contributed by atoms with Gasteiger partial charge in [-0.2, -0.15) is 5.26 Å². The van der Waals surface area contributed by atoms with E-state index in [0.717, 1.165) is 12.0 Å². The summed E-state index contributed by atoms with van der Waals surface area (Å²) in [4.78, 5) is 25.1. The van der Waals surface area contributed by atoms with Crippen molar-refractivity contribution in [1.82, 2.24) is 0 Å². The van der Waals surface area contributed by atoms with Crippen molar-refractivity contribution in [2.75, 3.05) is 5.32 Å². The average Bonchev–Trinajstić information content (AvgIpc) is 3.09. The molecule has 2 aromatic rings. The number of anilines is 1. The van der Waals surface area contributed by atoms with Crippen LogP contribution in [0.3, 0.4) is 0 Å². The lowest BCUT2D eigenvalue weighted by molar-refractivity contribution is -0.155. The van der Waals surface area contributed by atoms with E-state index < -0.39 is 23.9 Å². The highest BCUT2D eigenvalue weighted by atomic mass is 32.1. The van der Waals surface area contributed by atoms with Gasteiger partial charge in [0.05, 0.1) is 11.5 Å². The topological polar surface area (TPSA) is 79.2 Å². The molecular weight excluding hydrogens is 348 g/mol. The van der Waals surface area contributed by atoms with Crippen LogP contribution in [-0.4, -0.2) is 18.0 Å². The van der Waals surface area contributed by atoms with Gasteiger partial charge in [0, 0.05) is 0 Å². The number of thiophene rings is 1. The average molecular weight is 370 g/mol. The molecule has 0 aliphatic heterocycles. The van der Waals surface area contributed by atoms with Gasteiger partial charge in [-0.05, 0) is 29.9 Å². The summed E-state index contributed by atoms with van der Waals surface area (Å²) in [5, 5.41) is 13.8. The second-order valence-corrected chi connectivity index (χ2v) is 7.03. The predicted molar refractivity (Wildman–Crippen MR) is 102 cm³/mol. The summed E-state index contributed by atoms with van der Waals surface area (Å²) in [5.74, 6) is -1.20. The van der Waals surface area contributed by atoms with Gasteiger partial charge < -0.3 is 10.1 Å². The van der Waals surface area contributed by atoms with Gasteiger partial charge in [0.15, 0.2) is 6.10 Å². The largest absolute Gasteiger partial charge is 0.452 e. The zero-order valence-corrected chi connectivity index (χ0v) is 15.9. The highest BCUT2D eigenvalue weighted by Gasteiger charge is 2.30. The van der Waals surface area contributed by atoms with Crippen LogP contribution in [0.15, 0.2) is 41.8 Å². The molecule has 1 aromatic carbocycles. The van der Waals surface area contributed by atoms with Crippen molar-refractivity contribution in [2.24, 2.45) is 5.92 Å². The number of hydrogen-bond acceptors (Lipinski definition) is 5. The monoisotopic (exact) mass is 370 g/mol. The molecule has 0 spiro atoms. The summed E-state index contributed by atoms with van der Waals surface area (Å²) in [6.07, 6.45) is -0.137. The van der Waals surface area contributed by atoms with Crippen molar-refractivity contribution in [3.05, 3.63) is 52.9 Å². The molecule has 6 heteroatoms. The standard InChI is InChI=1S/C20H22N2O3S/c1-4-13(2)17(15-8-6-5-7-9-15)20(24)25-14(3)18(23)22-19-16(12-21)10-11-26-19/h5-11,13-14,17H,4H2,1-3H3,(H,22,23)/t13-,14-,17+/m0/s1. The van der Waals surface area contributed by atoms with Crippen LogP contribution in [0.5, 0.6) is 0 Å². The first-order chi connectivity index (χ1) is 12.5. The van der Waals surface area contributed by atoms with Crippen LogP contribution >= 0.6 is 11.3 Å². The molecule has 0 aliphatic carbocycles. The Morgan fingerprint density at radius 1 is 1.23 bits per heavy atom. The second-order valence-electron chi connectivity index (χ2n) is 6.12. The normalized spacial score (nSPS) is 13.9. The van der Waals surface area contributed by atoms with Crippen molar-refractivity contribution >= 4 is 28.2 Å². The Hall–Kier alpha value is -2.65. The Kier molecular flexibility index (Phi) is 6.93. The molecule has 0 unspecified atom stereocenters. The van der Waals surface area contributed by atoms with Crippen molar-refractivity contribution in [2.45, 2.75) is 39.2 Å². The van der Waals surface area contributed by atoms with Crippen molar-refractivity contribution in [3.63, 3.8) is 0 Å². The summed E-state index contributed by atoms with van der Waals surface area (Å²) in [7, 11) is 0. The first-order valence-corrected chi connectivity index (χ1v) is 9.39. The van der Waals surface area contributed by atoms with E-state index in [1.54, 1.807) is 11.4 Å². The molecule has 0 bridgehead atoms. The summed E-state index contributed by atoms with van der Waals surface area (Å²) in [6, 6.07) is 13.1. The van der Waals surface area contributed by atoms with E-state index in [1.807, 2.05) is 50.2 Å². The third kappa shape index (κ3) is 4.70.